The first-order valence-corrected chi connectivity index (χ1v) is 6.60. The van der Waals surface area contributed by atoms with Crippen LogP contribution in [0.15, 0.2) is 30.5 Å². The lowest BCUT2D eigenvalue weighted by Crippen LogP contribution is -2.18. The summed E-state index contributed by atoms with van der Waals surface area (Å²) in [5, 5.41) is 7.87. The molecular weight excluding hydrogens is 241 g/mol. The van der Waals surface area contributed by atoms with Gasteiger partial charge in [0.25, 0.3) is 0 Å². The maximum absolute atomic E-state index is 12.9. The average molecular weight is 261 g/mol. The molecule has 0 radical (unpaired) electrons. The van der Waals surface area contributed by atoms with E-state index in [1.165, 1.54) is 17.7 Å². The summed E-state index contributed by atoms with van der Waals surface area (Å²) in [6.07, 6.45) is 2.98. The highest BCUT2D eigenvalue weighted by Crippen LogP contribution is 2.14. The Bertz CT molecular complexity index is 531. The minimum absolute atomic E-state index is 0.186. The van der Waals surface area contributed by atoms with E-state index in [0.717, 1.165) is 24.2 Å². The molecule has 0 bridgehead atoms. The summed E-state index contributed by atoms with van der Waals surface area (Å²) in [7, 11) is 1.94. The normalized spacial score (nSPS) is 12.6. The Balaban J connectivity index is 1.99. The van der Waals surface area contributed by atoms with Gasteiger partial charge in [0.05, 0.1) is 5.69 Å². The van der Waals surface area contributed by atoms with Gasteiger partial charge >= 0.3 is 0 Å². The first-order chi connectivity index (χ1) is 9.10. The summed E-state index contributed by atoms with van der Waals surface area (Å²) in [4.78, 5) is 0. The van der Waals surface area contributed by atoms with Crippen molar-refractivity contribution in [2.75, 3.05) is 0 Å². The highest BCUT2D eigenvalue weighted by molar-refractivity contribution is 5.21. The molecule has 2 rings (SSSR count). The smallest absolute Gasteiger partial charge is 0.123 e. The van der Waals surface area contributed by atoms with Crippen LogP contribution in [-0.2, 0) is 20.0 Å². The van der Waals surface area contributed by atoms with Crippen molar-refractivity contribution in [1.82, 2.24) is 15.1 Å². The Kier molecular flexibility index (Phi) is 4.32. The second kappa shape index (κ2) is 5.97. The number of rotatable bonds is 5. The zero-order valence-electron chi connectivity index (χ0n) is 11.7. The fourth-order valence-electron chi connectivity index (χ4n) is 2.16. The van der Waals surface area contributed by atoms with Crippen LogP contribution in [0.4, 0.5) is 4.39 Å². The maximum Gasteiger partial charge on any atom is 0.123 e. The molecule has 0 saturated carbocycles. The van der Waals surface area contributed by atoms with Crippen LogP contribution in [0, 0.1) is 5.82 Å². The van der Waals surface area contributed by atoms with Gasteiger partial charge < -0.3 is 5.32 Å². The number of nitrogens with zero attached hydrogens (tertiary/aromatic N) is 2. The van der Waals surface area contributed by atoms with Crippen LogP contribution in [0.25, 0.3) is 0 Å². The molecule has 1 aromatic carbocycles. The molecule has 0 aliphatic carbocycles. The number of aryl methyl sites for hydroxylation is 2. The first-order valence-electron chi connectivity index (χ1n) is 6.60. The molecule has 0 saturated heterocycles. The Hall–Kier alpha value is -1.68. The molecule has 0 fully saturated rings. The third-order valence-electron chi connectivity index (χ3n) is 3.30. The lowest BCUT2D eigenvalue weighted by Gasteiger charge is -2.14. The van der Waals surface area contributed by atoms with Crippen molar-refractivity contribution in [3.63, 3.8) is 0 Å². The minimum atomic E-state index is -0.198. The summed E-state index contributed by atoms with van der Waals surface area (Å²) in [6.45, 7) is 4.96. The predicted octanol–water partition coefficient (Wildman–Crippen LogP) is 2.97. The highest BCUT2D eigenvalue weighted by Gasteiger charge is 2.09. The van der Waals surface area contributed by atoms with Crippen molar-refractivity contribution in [3.8, 4) is 0 Å². The van der Waals surface area contributed by atoms with Crippen molar-refractivity contribution in [2.45, 2.75) is 32.9 Å². The van der Waals surface area contributed by atoms with E-state index in [1.807, 2.05) is 30.1 Å². The van der Waals surface area contributed by atoms with Crippen molar-refractivity contribution in [3.05, 3.63) is 53.1 Å². The van der Waals surface area contributed by atoms with Crippen molar-refractivity contribution < 1.29 is 4.39 Å². The number of hydrogen-bond donors (Lipinski definition) is 1. The highest BCUT2D eigenvalue weighted by atomic mass is 19.1. The second-order valence-corrected chi connectivity index (χ2v) is 4.78. The van der Waals surface area contributed by atoms with E-state index >= 15 is 0 Å². The molecule has 3 nitrogen and oxygen atoms in total. The zero-order chi connectivity index (χ0) is 13.8. The van der Waals surface area contributed by atoms with Gasteiger partial charge in [-0.05, 0) is 31.0 Å². The van der Waals surface area contributed by atoms with Crippen LogP contribution >= 0.6 is 0 Å². The Morgan fingerprint density at radius 3 is 2.63 bits per heavy atom. The summed E-state index contributed by atoms with van der Waals surface area (Å²) in [5.74, 6) is -0.198. The number of hydrogen-bond acceptors (Lipinski definition) is 2. The topological polar surface area (TPSA) is 29.9 Å². The van der Waals surface area contributed by atoms with E-state index in [4.69, 9.17) is 0 Å². The van der Waals surface area contributed by atoms with E-state index in [1.54, 1.807) is 0 Å². The zero-order valence-corrected chi connectivity index (χ0v) is 11.7. The SMILES string of the molecule is CCc1nn(C)cc1CN[C@H](C)c1ccc(F)cc1. The molecule has 1 N–H and O–H groups in total. The van der Waals surface area contributed by atoms with E-state index in [2.05, 4.69) is 24.3 Å². The molecule has 1 atom stereocenters. The molecule has 19 heavy (non-hydrogen) atoms. The number of nitrogens with one attached hydrogen (secondary N) is 1. The summed E-state index contributed by atoms with van der Waals surface area (Å²) >= 11 is 0. The van der Waals surface area contributed by atoms with E-state index < -0.39 is 0 Å². The van der Waals surface area contributed by atoms with Crippen molar-refractivity contribution in [1.29, 1.82) is 0 Å². The quantitative estimate of drug-likeness (QED) is 0.896. The summed E-state index contributed by atoms with van der Waals surface area (Å²) in [6, 6.07) is 6.81. The Morgan fingerprint density at radius 2 is 2.00 bits per heavy atom. The minimum Gasteiger partial charge on any atom is -0.306 e. The van der Waals surface area contributed by atoms with Crippen LogP contribution in [-0.4, -0.2) is 9.78 Å². The van der Waals surface area contributed by atoms with Crippen LogP contribution in [0.1, 0.15) is 36.7 Å². The summed E-state index contributed by atoms with van der Waals surface area (Å²) in [5.41, 5.74) is 3.43. The van der Waals surface area contributed by atoms with Gasteiger partial charge in [0.2, 0.25) is 0 Å². The third-order valence-corrected chi connectivity index (χ3v) is 3.30. The fourth-order valence-corrected chi connectivity index (χ4v) is 2.16. The number of aromatic nitrogens is 2. The largest absolute Gasteiger partial charge is 0.306 e. The van der Waals surface area contributed by atoms with Crippen LogP contribution in [0.3, 0.4) is 0 Å². The predicted molar refractivity (Wildman–Crippen MR) is 74.2 cm³/mol. The van der Waals surface area contributed by atoms with E-state index in [0.29, 0.717) is 0 Å². The first kappa shape index (κ1) is 13.7. The van der Waals surface area contributed by atoms with Gasteiger partial charge in [0.1, 0.15) is 5.82 Å². The lowest BCUT2D eigenvalue weighted by atomic mass is 10.1. The van der Waals surface area contributed by atoms with Gasteiger partial charge in [-0.2, -0.15) is 5.10 Å². The fraction of sp³-hybridized carbons (Fsp3) is 0.400. The Morgan fingerprint density at radius 1 is 1.32 bits per heavy atom. The maximum atomic E-state index is 12.9. The van der Waals surface area contributed by atoms with E-state index in [9.17, 15) is 4.39 Å². The van der Waals surface area contributed by atoms with Gasteiger partial charge in [0.15, 0.2) is 0 Å². The Labute approximate surface area is 113 Å². The second-order valence-electron chi connectivity index (χ2n) is 4.78. The standard InChI is InChI=1S/C15H20FN3/c1-4-15-13(10-19(3)18-15)9-17-11(2)12-5-7-14(16)8-6-12/h5-8,10-11,17H,4,9H2,1-3H3/t11-/m1/s1. The molecule has 0 spiro atoms. The van der Waals surface area contributed by atoms with Gasteiger partial charge in [-0.15, -0.1) is 0 Å². The molecule has 0 amide bonds. The molecule has 0 aliphatic heterocycles. The van der Waals surface area contributed by atoms with Crippen molar-refractivity contribution in [2.24, 2.45) is 7.05 Å². The molecule has 0 aliphatic rings. The molecule has 1 aromatic heterocycles. The van der Waals surface area contributed by atoms with Gasteiger partial charge in [-0.25, -0.2) is 4.39 Å². The molecule has 4 heteroatoms. The molecule has 2 aromatic rings. The van der Waals surface area contributed by atoms with Gasteiger partial charge in [-0.1, -0.05) is 19.1 Å². The summed E-state index contributed by atoms with van der Waals surface area (Å²) < 4.78 is 14.7. The van der Waals surface area contributed by atoms with Crippen LogP contribution in [0.5, 0.6) is 0 Å². The molecular formula is C15H20FN3. The van der Waals surface area contributed by atoms with Crippen LogP contribution < -0.4 is 5.32 Å². The third kappa shape index (κ3) is 3.41. The number of benzene rings is 1. The van der Waals surface area contributed by atoms with E-state index in [-0.39, 0.29) is 11.9 Å². The van der Waals surface area contributed by atoms with Gasteiger partial charge in [0, 0.05) is 31.4 Å². The average Bonchev–Trinajstić information content (AvgIpc) is 2.77. The molecule has 102 valence electrons. The number of halogens is 1. The van der Waals surface area contributed by atoms with Crippen LogP contribution in [0.2, 0.25) is 0 Å². The molecule has 1 heterocycles. The lowest BCUT2D eigenvalue weighted by molar-refractivity contribution is 0.569. The van der Waals surface area contributed by atoms with Gasteiger partial charge in [-0.3, -0.25) is 4.68 Å². The van der Waals surface area contributed by atoms with Crippen molar-refractivity contribution >= 4 is 0 Å². The molecule has 0 unspecified atom stereocenters. The monoisotopic (exact) mass is 261 g/mol.